The van der Waals surface area contributed by atoms with Crippen molar-refractivity contribution in [2.75, 3.05) is 45.4 Å². The second-order valence-corrected chi connectivity index (χ2v) is 17.2. The van der Waals surface area contributed by atoms with Gasteiger partial charge in [0.15, 0.2) is 12.5 Å². The number of ether oxygens (including phenoxy) is 4. The Kier molecular flexibility index (Phi) is 16.3. The van der Waals surface area contributed by atoms with Gasteiger partial charge in [-0.05, 0) is 12.5 Å². The van der Waals surface area contributed by atoms with E-state index in [-0.39, 0.29) is 5.82 Å². The number of phosphoric ester groups is 1. The van der Waals surface area contributed by atoms with E-state index in [1.165, 1.54) is 6.07 Å². The number of aliphatic hydroxyl groups excluding tert-OH is 9. The predicted molar refractivity (Wildman–Crippen MR) is 184 cm³/mol. The molecule has 17 atom stereocenters. The number of carbonyl (C=O) groups excluding carboxylic acids is 1. The highest BCUT2D eigenvalue weighted by molar-refractivity contribution is 7.52. The first-order chi connectivity index (χ1) is 26.5. The number of aliphatic hydroxyl groups is 9. The molecule has 26 nitrogen and oxygen atoms in total. The Bertz CT molecular complexity index is 1660. The molecule has 0 spiro atoms. The van der Waals surface area contributed by atoms with Crippen molar-refractivity contribution in [1.82, 2.24) is 14.9 Å². The standard InChI is InChI=1S/C29H50N4O22P2/c1-12(35)31-18-13(36)7-29(55-25(18)19(38)14(37)8-34,11-52-57(47,48)51-10-16-20(39)22(41)24(43)27(49-2)54-16)4-6-56(45,46)50-9-15-21(40)23(42)26(53-15)33-5-3-17(30)32-28(33)44/h3,5,13-16,18-27,34,36-43H,4,6-11H2,1-2H3,(H,31,35)(H,45,46)(H,47,48)(H2,30,32,44)/t13-,14+,15+,16+,18+,19+,20+,21+,22-,23+,24+,25+,26+,27+,29-/m0/s1. The number of aromatic nitrogens is 2. The van der Waals surface area contributed by atoms with Crippen molar-refractivity contribution in [1.29, 1.82) is 0 Å². The van der Waals surface area contributed by atoms with Gasteiger partial charge in [-0.1, -0.05) is 0 Å². The average Bonchev–Trinajstić information content (AvgIpc) is 3.43. The van der Waals surface area contributed by atoms with Gasteiger partial charge in [-0.25, -0.2) is 9.36 Å². The van der Waals surface area contributed by atoms with Gasteiger partial charge in [-0.15, -0.1) is 0 Å². The van der Waals surface area contributed by atoms with E-state index in [9.17, 15) is 74.5 Å². The van der Waals surface area contributed by atoms with Crippen LogP contribution in [0.4, 0.5) is 5.82 Å². The van der Waals surface area contributed by atoms with Crippen LogP contribution in [-0.4, -0.2) is 196 Å². The quantitative estimate of drug-likeness (QED) is 0.0610. The van der Waals surface area contributed by atoms with E-state index >= 15 is 0 Å². The molecule has 0 bridgehead atoms. The number of hydrogen-bond donors (Lipinski definition) is 13. The van der Waals surface area contributed by atoms with Crippen LogP contribution in [0.15, 0.2) is 17.1 Å². The zero-order chi connectivity index (χ0) is 42.6. The number of phosphoric acid groups is 1. The summed E-state index contributed by atoms with van der Waals surface area (Å²) in [6.07, 6.45) is -23.4. The number of nitrogens with zero attached hydrogens (tertiary/aromatic N) is 2. The zero-order valence-corrected chi connectivity index (χ0v) is 32.3. The maximum atomic E-state index is 13.4. The second kappa shape index (κ2) is 19.5. The number of nitrogens with one attached hydrogen (secondary N) is 1. The topological polar surface area (TPSA) is 411 Å². The number of rotatable bonds is 18. The number of hydrogen-bond acceptors (Lipinski definition) is 22. The highest BCUT2D eigenvalue weighted by Gasteiger charge is 2.53. The maximum absolute atomic E-state index is 13.4. The van der Waals surface area contributed by atoms with Gasteiger partial charge < -0.3 is 90.3 Å². The molecule has 3 aliphatic rings. The van der Waals surface area contributed by atoms with E-state index in [2.05, 4.69) is 10.3 Å². The lowest BCUT2D eigenvalue weighted by atomic mass is 9.82. The Labute approximate surface area is 323 Å². The molecule has 57 heavy (non-hydrogen) atoms. The molecule has 1 aromatic heterocycles. The van der Waals surface area contributed by atoms with Gasteiger partial charge in [-0.2, -0.15) is 4.98 Å². The Hall–Kier alpha value is -2.11. The monoisotopic (exact) mass is 868 g/mol. The molecule has 0 aromatic carbocycles. The molecule has 3 aliphatic heterocycles. The summed E-state index contributed by atoms with van der Waals surface area (Å²) in [5.41, 5.74) is 2.39. The van der Waals surface area contributed by atoms with E-state index < -0.39 is 164 Å². The molecule has 0 aliphatic carbocycles. The van der Waals surface area contributed by atoms with Crippen LogP contribution in [0.25, 0.3) is 0 Å². The van der Waals surface area contributed by atoms with Crippen LogP contribution in [0.1, 0.15) is 26.0 Å². The summed E-state index contributed by atoms with van der Waals surface area (Å²) in [5.74, 6) is -0.865. The summed E-state index contributed by atoms with van der Waals surface area (Å²) < 4.78 is 64.2. The van der Waals surface area contributed by atoms with Crippen molar-refractivity contribution < 1.29 is 102 Å². The lowest BCUT2D eigenvalue weighted by Crippen LogP contribution is -2.66. The molecule has 0 saturated carbocycles. The molecular weight excluding hydrogens is 818 g/mol. The summed E-state index contributed by atoms with van der Waals surface area (Å²) in [6.45, 7) is -2.84. The van der Waals surface area contributed by atoms with E-state index in [0.29, 0.717) is 0 Å². The van der Waals surface area contributed by atoms with E-state index in [1.54, 1.807) is 0 Å². The van der Waals surface area contributed by atoms with Crippen LogP contribution in [0.3, 0.4) is 0 Å². The number of methoxy groups -OCH3 is 1. The third-order valence-electron chi connectivity index (χ3n) is 9.57. The van der Waals surface area contributed by atoms with E-state index in [0.717, 1.165) is 24.8 Å². The average molecular weight is 869 g/mol. The Morgan fingerprint density at radius 2 is 1.65 bits per heavy atom. The molecule has 328 valence electrons. The van der Waals surface area contributed by atoms with E-state index in [4.69, 9.17) is 38.3 Å². The van der Waals surface area contributed by atoms with Crippen molar-refractivity contribution in [2.24, 2.45) is 0 Å². The molecule has 2 unspecified atom stereocenters. The number of nitrogen functional groups attached to an aromatic ring is 1. The summed E-state index contributed by atoms with van der Waals surface area (Å²) in [4.78, 5) is 49.2. The van der Waals surface area contributed by atoms with E-state index in [1.807, 2.05) is 0 Å². The number of anilines is 1. The first-order valence-corrected chi connectivity index (χ1v) is 20.6. The molecule has 4 heterocycles. The number of nitrogens with two attached hydrogens (primary N) is 1. The molecule has 28 heteroatoms. The minimum Gasteiger partial charge on any atom is -0.394 e. The lowest BCUT2D eigenvalue weighted by molar-refractivity contribution is -0.293. The van der Waals surface area contributed by atoms with Crippen LogP contribution >= 0.6 is 15.4 Å². The third kappa shape index (κ3) is 11.8. The van der Waals surface area contributed by atoms with Crippen molar-refractivity contribution in [3.05, 3.63) is 22.7 Å². The highest BCUT2D eigenvalue weighted by atomic mass is 31.2. The molecule has 1 amide bonds. The van der Waals surface area contributed by atoms with Crippen LogP contribution in [-0.2, 0) is 46.4 Å². The third-order valence-corrected chi connectivity index (χ3v) is 11.8. The first kappa shape index (κ1) is 47.6. The number of amides is 1. The molecule has 4 rings (SSSR count). The van der Waals surface area contributed by atoms with Crippen molar-refractivity contribution in [2.45, 2.75) is 111 Å². The molecule has 14 N–H and O–H groups in total. The Balaban J connectivity index is 1.52. The highest BCUT2D eigenvalue weighted by Crippen LogP contribution is 2.50. The summed E-state index contributed by atoms with van der Waals surface area (Å²) in [5, 5.41) is 95.6. The summed E-state index contributed by atoms with van der Waals surface area (Å²) in [7, 11) is -8.97. The van der Waals surface area contributed by atoms with Crippen LogP contribution in [0.5, 0.6) is 0 Å². The van der Waals surface area contributed by atoms with Crippen molar-refractivity contribution in [3.63, 3.8) is 0 Å². The smallest absolute Gasteiger partial charge is 0.394 e. The molecular formula is C29H50N4O22P2. The van der Waals surface area contributed by atoms with Gasteiger partial charge in [-0.3, -0.25) is 23.0 Å². The molecule has 0 radical (unpaired) electrons. The fourth-order valence-electron chi connectivity index (χ4n) is 6.45. The predicted octanol–water partition coefficient (Wildman–Crippen LogP) is -6.27. The second-order valence-electron chi connectivity index (χ2n) is 13.8. The SMILES string of the molecule is CO[C@@H]1O[C@H](COP(=O)(O)OC[C@]2(CCP(=O)(O)OC[C@H]3O[C@@H](n4ccc(N)nc4=O)[C@H](O)[C@@H]3O)C[C@H](O)[C@@H](NC(C)=O)[C@H]([C@H](O)[C@H](O)CO)O2)[C@@H](O)[C@H](O)[C@H]1O. The normalized spacial score (nSPS) is 37.8. The molecule has 3 fully saturated rings. The van der Waals surface area contributed by atoms with Crippen LogP contribution in [0.2, 0.25) is 0 Å². The fourth-order valence-corrected chi connectivity index (χ4v) is 8.46. The van der Waals surface area contributed by atoms with Crippen LogP contribution in [0, 0.1) is 0 Å². The van der Waals surface area contributed by atoms with Gasteiger partial charge >= 0.3 is 21.1 Å². The van der Waals surface area contributed by atoms with Gasteiger partial charge in [0.25, 0.3) is 0 Å². The molecule has 3 saturated heterocycles. The van der Waals surface area contributed by atoms with Gasteiger partial charge in [0.2, 0.25) is 5.91 Å². The number of carbonyl (C=O) groups is 1. The fraction of sp³-hybridized carbons (Fsp3) is 0.828. The zero-order valence-electron chi connectivity index (χ0n) is 30.5. The Morgan fingerprint density at radius 3 is 2.26 bits per heavy atom. The summed E-state index contributed by atoms with van der Waals surface area (Å²) >= 11 is 0. The molecule has 1 aromatic rings. The van der Waals surface area contributed by atoms with Crippen molar-refractivity contribution in [3.8, 4) is 0 Å². The van der Waals surface area contributed by atoms with Gasteiger partial charge in [0, 0.05) is 26.7 Å². The maximum Gasteiger partial charge on any atom is 0.472 e. The van der Waals surface area contributed by atoms with Gasteiger partial charge in [0.05, 0.1) is 50.3 Å². The minimum absolute atomic E-state index is 0.134. The minimum atomic E-state index is -5.25. The Morgan fingerprint density at radius 1 is 1.02 bits per heavy atom. The van der Waals surface area contributed by atoms with Crippen LogP contribution < -0.4 is 16.7 Å². The lowest BCUT2D eigenvalue weighted by Gasteiger charge is -2.49. The first-order valence-electron chi connectivity index (χ1n) is 17.3. The largest absolute Gasteiger partial charge is 0.472 e. The van der Waals surface area contributed by atoms with Crippen molar-refractivity contribution >= 4 is 27.1 Å². The van der Waals surface area contributed by atoms with Gasteiger partial charge in [0.1, 0.15) is 66.9 Å². The summed E-state index contributed by atoms with van der Waals surface area (Å²) in [6, 6.07) is -0.261.